The average Bonchev–Trinajstić information content (AvgIpc) is 2.34. The van der Waals surface area contributed by atoms with Crippen molar-refractivity contribution in [1.82, 2.24) is 9.80 Å². The Morgan fingerprint density at radius 2 is 1.61 bits per heavy atom. The van der Waals surface area contributed by atoms with Crippen molar-refractivity contribution in [2.75, 3.05) is 34.7 Å². The predicted octanol–water partition coefficient (Wildman–Crippen LogP) is 2.66. The molecule has 0 heterocycles. The lowest BCUT2D eigenvalue weighted by Gasteiger charge is -2.23. The van der Waals surface area contributed by atoms with Crippen LogP contribution in [-0.2, 0) is 0 Å². The van der Waals surface area contributed by atoms with Crippen LogP contribution in [-0.4, -0.2) is 50.5 Å². The number of rotatable bonds is 4. The van der Waals surface area contributed by atoms with Crippen LogP contribution in [0.3, 0.4) is 0 Å². The van der Waals surface area contributed by atoms with E-state index in [0.717, 1.165) is 18.9 Å². The lowest BCUT2D eigenvalue weighted by molar-refractivity contribution is 0.477. The van der Waals surface area contributed by atoms with E-state index >= 15 is 0 Å². The number of benzene rings is 1. The summed E-state index contributed by atoms with van der Waals surface area (Å²) in [5, 5.41) is 0. The van der Waals surface area contributed by atoms with Crippen molar-refractivity contribution < 1.29 is 0 Å². The molecule has 0 unspecified atom stereocenters. The average molecular weight is 247 g/mol. The fourth-order valence-corrected chi connectivity index (χ4v) is 1.99. The topological polar surface area (TPSA) is 18.8 Å². The molecule has 0 bridgehead atoms. The van der Waals surface area contributed by atoms with Crippen LogP contribution in [0.2, 0.25) is 0 Å². The highest BCUT2D eigenvalue weighted by molar-refractivity contribution is 5.79. The van der Waals surface area contributed by atoms with Gasteiger partial charge in [0.1, 0.15) is 0 Å². The lowest BCUT2D eigenvalue weighted by Crippen LogP contribution is -2.35. The Bertz CT molecular complexity index is 359. The fraction of sp³-hybridized carbons (Fsp3) is 0.533. The quantitative estimate of drug-likeness (QED) is 0.602. The van der Waals surface area contributed by atoms with Gasteiger partial charge in [-0.2, -0.15) is 0 Å². The molecule has 0 amide bonds. The summed E-state index contributed by atoms with van der Waals surface area (Å²) < 4.78 is 0. The van der Waals surface area contributed by atoms with Crippen LogP contribution in [0.15, 0.2) is 35.3 Å². The zero-order chi connectivity index (χ0) is 13.5. The molecule has 0 aliphatic carbocycles. The van der Waals surface area contributed by atoms with Crippen LogP contribution >= 0.6 is 0 Å². The first-order valence-corrected chi connectivity index (χ1v) is 6.46. The van der Waals surface area contributed by atoms with Gasteiger partial charge in [-0.15, -0.1) is 0 Å². The molecular weight excluding hydrogens is 222 g/mol. The Hall–Kier alpha value is -1.51. The lowest BCUT2D eigenvalue weighted by atomic mass is 9.98. The number of aliphatic imine (C=N–C) groups is 1. The van der Waals surface area contributed by atoms with Crippen LogP contribution < -0.4 is 0 Å². The zero-order valence-electron chi connectivity index (χ0n) is 12.2. The molecule has 18 heavy (non-hydrogen) atoms. The summed E-state index contributed by atoms with van der Waals surface area (Å²) in [7, 11) is 8.11. The van der Waals surface area contributed by atoms with Gasteiger partial charge in [0, 0.05) is 34.7 Å². The van der Waals surface area contributed by atoms with Crippen molar-refractivity contribution in [2.45, 2.75) is 19.3 Å². The van der Waals surface area contributed by atoms with Crippen LogP contribution in [0.4, 0.5) is 0 Å². The maximum atomic E-state index is 4.66. The second-order valence-electron chi connectivity index (χ2n) is 5.07. The predicted molar refractivity (Wildman–Crippen MR) is 79.2 cm³/mol. The van der Waals surface area contributed by atoms with E-state index in [4.69, 9.17) is 0 Å². The van der Waals surface area contributed by atoms with E-state index in [1.807, 2.05) is 38.0 Å². The molecule has 0 N–H and O–H groups in total. The number of nitrogens with zero attached hydrogens (tertiary/aromatic N) is 3. The molecule has 100 valence electrons. The second kappa shape index (κ2) is 7.04. The maximum Gasteiger partial charge on any atom is 0.195 e. The molecule has 0 radical (unpaired) electrons. The first-order chi connectivity index (χ1) is 8.52. The Kier molecular flexibility index (Phi) is 5.69. The molecule has 0 saturated heterocycles. The highest BCUT2D eigenvalue weighted by Gasteiger charge is 2.06. The minimum atomic E-state index is 0.556. The number of hydrogen-bond donors (Lipinski definition) is 0. The van der Waals surface area contributed by atoms with Gasteiger partial charge in [-0.05, 0) is 17.9 Å². The van der Waals surface area contributed by atoms with E-state index in [1.54, 1.807) is 0 Å². The normalized spacial score (nSPS) is 11.8. The summed E-state index contributed by atoms with van der Waals surface area (Å²) >= 11 is 0. The molecule has 1 rings (SSSR count). The second-order valence-corrected chi connectivity index (χ2v) is 5.07. The largest absolute Gasteiger partial charge is 0.349 e. The molecule has 0 aliphatic rings. The summed E-state index contributed by atoms with van der Waals surface area (Å²) in [4.78, 5) is 8.75. The molecule has 0 aliphatic heterocycles. The molecule has 0 saturated carbocycles. The summed E-state index contributed by atoms with van der Waals surface area (Å²) in [6, 6.07) is 10.6. The van der Waals surface area contributed by atoms with Crippen molar-refractivity contribution >= 4 is 5.96 Å². The van der Waals surface area contributed by atoms with Crippen LogP contribution in [0.25, 0.3) is 0 Å². The molecular formula is C15H25N3. The Morgan fingerprint density at radius 3 is 2.11 bits per heavy atom. The summed E-state index contributed by atoms with van der Waals surface area (Å²) in [6.45, 7) is 3.12. The number of guanidine groups is 1. The molecule has 0 aromatic heterocycles. The molecule has 3 nitrogen and oxygen atoms in total. The fourth-order valence-electron chi connectivity index (χ4n) is 1.99. The van der Waals surface area contributed by atoms with Gasteiger partial charge in [0.25, 0.3) is 0 Å². The Labute approximate surface area is 111 Å². The van der Waals surface area contributed by atoms with E-state index in [-0.39, 0.29) is 0 Å². The summed E-state index contributed by atoms with van der Waals surface area (Å²) in [6.07, 6.45) is 1.08. The Balaban J connectivity index is 2.53. The van der Waals surface area contributed by atoms with E-state index in [0.29, 0.717) is 5.92 Å². The van der Waals surface area contributed by atoms with E-state index in [1.165, 1.54) is 5.56 Å². The van der Waals surface area contributed by atoms with Gasteiger partial charge in [0.2, 0.25) is 0 Å². The Morgan fingerprint density at radius 1 is 1.06 bits per heavy atom. The van der Waals surface area contributed by atoms with Gasteiger partial charge in [0.15, 0.2) is 5.96 Å². The molecule has 3 heteroatoms. The molecule has 1 aromatic carbocycles. The first kappa shape index (κ1) is 14.6. The van der Waals surface area contributed by atoms with Gasteiger partial charge >= 0.3 is 0 Å². The number of hydrogen-bond acceptors (Lipinski definition) is 1. The molecule has 1 aromatic rings. The molecule has 1 atom stereocenters. The van der Waals surface area contributed by atoms with Gasteiger partial charge in [0.05, 0.1) is 0 Å². The van der Waals surface area contributed by atoms with E-state index in [9.17, 15) is 0 Å². The SMILES string of the molecule is C[C@@H](CCN=C(N(C)C)N(C)C)c1ccccc1. The van der Waals surface area contributed by atoms with Gasteiger partial charge in [-0.3, -0.25) is 4.99 Å². The first-order valence-electron chi connectivity index (χ1n) is 6.46. The zero-order valence-corrected chi connectivity index (χ0v) is 12.2. The third-order valence-corrected chi connectivity index (χ3v) is 2.98. The van der Waals surface area contributed by atoms with Crippen molar-refractivity contribution in [3.05, 3.63) is 35.9 Å². The van der Waals surface area contributed by atoms with Crippen LogP contribution in [0.5, 0.6) is 0 Å². The smallest absolute Gasteiger partial charge is 0.195 e. The van der Waals surface area contributed by atoms with Gasteiger partial charge < -0.3 is 9.80 Å². The maximum absolute atomic E-state index is 4.66. The summed E-state index contributed by atoms with van der Waals surface area (Å²) in [5.41, 5.74) is 1.39. The third kappa shape index (κ3) is 4.40. The van der Waals surface area contributed by atoms with Crippen molar-refractivity contribution in [3.8, 4) is 0 Å². The van der Waals surface area contributed by atoms with Gasteiger partial charge in [-0.1, -0.05) is 37.3 Å². The highest BCUT2D eigenvalue weighted by Crippen LogP contribution is 2.18. The van der Waals surface area contributed by atoms with Crippen LogP contribution in [0.1, 0.15) is 24.8 Å². The minimum absolute atomic E-state index is 0.556. The summed E-state index contributed by atoms with van der Waals surface area (Å²) in [5.74, 6) is 1.58. The highest BCUT2D eigenvalue weighted by atomic mass is 15.3. The van der Waals surface area contributed by atoms with E-state index in [2.05, 4.69) is 42.2 Å². The van der Waals surface area contributed by atoms with E-state index < -0.39 is 0 Å². The molecule has 0 fully saturated rings. The van der Waals surface area contributed by atoms with Crippen LogP contribution in [0, 0.1) is 0 Å². The van der Waals surface area contributed by atoms with Crippen molar-refractivity contribution in [2.24, 2.45) is 4.99 Å². The monoisotopic (exact) mass is 247 g/mol. The molecule has 0 spiro atoms. The van der Waals surface area contributed by atoms with Crippen molar-refractivity contribution in [3.63, 3.8) is 0 Å². The van der Waals surface area contributed by atoms with Gasteiger partial charge in [-0.25, -0.2) is 0 Å². The standard InChI is InChI=1S/C15H25N3/c1-13(14-9-7-6-8-10-14)11-12-16-15(17(2)3)18(4)5/h6-10,13H,11-12H2,1-5H3/t13-/m0/s1. The third-order valence-electron chi connectivity index (χ3n) is 2.98. The minimum Gasteiger partial charge on any atom is -0.349 e. The van der Waals surface area contributed by atoms with Crippen molar-refractivity contribution in [1.29, 1.82) is 0 Å².